The molecule has 1 aliphatic rings. The van der Waals surface area contributed by atoms with Crippen LogP contribution >= 0.6 is 11.3 Å². The molecule has 0 aromatic carbocycles. The normalized spacial score (nSPS) is 19.8. The van der Waals surface area contributed by atoms with Gasteiger partial charge < -0.3 is 15.0 Å². The molecule has 0 unspecified atom stereocenters. The number of nitrogens with zero attached hydrogens (tertiary/aromatic N) is 2. The van der Waals surface area contributed by atoms with E-state index in [1.54, 1.807) is 11.3 Å². The van der Waals surface area contributed by atoms with Crippen molar-refractivity contribution in [2.24, 2.45) is 0 Å². The Bertz CT molecular complexity index is 534. The Balaban J connectivity index is 1.98. The minimum absolute atomic E-state index is 0.0344. The largest absolute Gasteiger partial charge is 0.372 e. The molecular weight excluding hydrogens is 298 g/mol. The maximum Gasteiger partial charge on any atom is 0.318 e. The predicted octanol–water partition coefficient (Wildman–Crippen LogP) is 3.32. The molecule has 1 aromatic heterocycles. The Labute approximate surface area is 137 Å². The molecule has 6 heteroatoms. The van der Waals surface area contributed by atoms with Crippen LogP contribution in [-0.2, 0) is 10.2 Å². The molecule has 1 aromatic rings. The van der Waals surface area contributed by atoms with E-state index >= 15 is 0 Å². The van der Waals surface area contributed by atoms with Crippen molar-refractivity contribution in [3.63, 3.8) is 0 Å². The number of morpholine rings is 1. The highest BCUT2D eigenvalue weighted by Gasteiger charge is 2.30. The summed E-state index contributed by atoms with van der Waals surface area (Å²) in [6.45, 7) is 14.2. The molecule has 1 saturated heterocycles. The van der Waals surface area contributed by atoms with Crippen molar-refractivity contribution >= 4 is 17.4 Å². The topological polar surface area (TPSA) is 54.5 Å². The maximum atomic E-state index is 12.4. The highest BCUT2D eigenvalue weighted by molar-refractivity contribution is 7.09. The monoisotopic (exact) mass is 325 g/mol. The van der Waals surface area contributed by atoms with Gasteiger partial charge in [-0.05, 0) is 20.8 Å². The van der Waals surface area contributed by atoms with Gasteiger partial charge in [0.2, 0.25) is 0 Å². The maximum absolute atomic E-state index is 12.4. The van der Waals surface area contributed by atoms with Gasteiger partial charge in [0.15, 0.2) is 0 Å². The number of nitrogens with one attached hydrogen (secondary N) is 1. The van der Waals surface area contributed by atoms with E-state index in [2.05, 4.69) is 36.5 Å². The van der Waals surface area contributed by atoms with E-state index in [0.29, 0.717) is 19.7 Å². The molecular formula is C16H27N3O2S. The molecule has 2 heterocycles. The molecule has 2 amide bonds. The summed E-state index contributed by atoms with van der Waals surface area (Å²) in [4.78, 5) is 18.9. The van der Waals surface area contributed by atoms with E-state index in [-0.39, 0.29) is 23.1 Å². The van der Waals surface area contributed by atoms with E-state index in [1.165, 1.54) is 0 Å². The fourth-order valence-electron chi connectivity index (χ4n) is 2.36. The zero-order chi connectivity index (χ0) is 16.5. The Hall–Kier alpha value is -1.14. The lowest BCUT2D eigenvalue weighted by Crippen LogP contribution is -2.53. The molecule has 1 N–H and O–H groups in total. The van der Waals surface area contributed by atoms with Gasteiger partial charge in [0.1, 0.15) is 5.01 Å². The number of hydrogen-bond acceptors (Lipinski definition) is 4. The van der Waals surface area contributed by atoms with Gasteiger partial charge in [-0.25, -0.2) is 9.78 Å². The smallest absolute Gasteiger partial charge is 0.318 e. The molecule has 0 spiro atoms. The van der Waals surface area contributed by atoms with Gasteiger partial charge in [0, 0.05) is 17.3 Å². The zero-order valence-corrected chi connectivity index (χ0v) is 15.2. The lowest BCUT2D eigenvalue weighted by molar-refractivity contribution is -0.0735. The average molecular weight is 325 g/mol. The number of hydrogen-bond donors (Lipinski definition) is 1. The molecule has 1 atom stereocenters. The molecule has 124 valence electrons. The predicted molar refractivity (Wildman–Crippen MR) is 89.4 cm³/mol. The number of urea groups is 1. The fourth-order valence-corrected chi connectivity index (χ4v) is 3.41. The third kappa shape index (κ3) is 4.20. The summed E-state index contributed by atoms with van der Waals surface area (Å²) in [6, 6.07) is -0.129. The van der Waals surface area contributed by atoms with E-state index in [0.717, 1.165) is 10.7 Å². The lowest BCUT2D eigenvalue weighted by Gasteiger charge is -2.38. The second-order valence-electron chi connectivity index (χ2n) is 7.52. The fraction of sp³-hybridized carbons (Fsp3) is 0.750. The molecule has 0 saturated carbocycles. The first kappa shape index (κ1) is 17.2. The lowest BCUT2D eigenvalue weighted by atomic mass is 9.93. The first-order valence-electron chi connectivity index (χ1n) is 7.74. The van der Waals surface area contributed by atoms with Gasteiger partial charge in [0.05, 0.1) is 30.5 Å². The van der Waals surface area contributed by atoms with Crippen molar-refractivity contribution in [2.75, 3.05) is 19.7 Å². The van der Waals surface area contributed by atoms with Crippen molar-refractivity contribution < 1.29 is 9.53 Å². The SMILES string of the molecule is C[C@H](NC(=O)N1CCOC(C)(C)C1)c1nc(C(C)(C)C)cs1. The highest BCUT2D eigenvalue weighted by Crippen LogP contribution is 2.27. The quantitative estimate of drug-likeness (QED) is 0.907. The number of carbonyl (C=O) groups excluding carboxylic acids is 1. The van der Waals surface area contributed by atoms with Gasteiger partial charge in [-0.1, -0.05) is 20.8 Å². The average Bonchev–Trinajstić information content (AvgIpc) is 2.86. The summed E-state index contributed by atoms with van der Waals surface area (Å²) in [5, 5.41) is 6.08. The van der Waals surface area contributed by atoms with E-state index in [9.17, 15) is 4.79 Å². The minimum Gasteiger partial charge on any atom is -0.372 e. The van der Waals surface area contributed by atoms with E-state index < -0.39 is 0 Å². The van der Waals surface area contributed by atoms with Crippen molar-refractivity contribution in [2.45, 2.75) is 58.6 Å². The summed E-state index contributed by atoms with van der Waals surface area (Å²) >= 11 is 1.60. The van der Waals surface area contributed by atoms with Crippen LogP contribution in [0.3, 0.4) is 0 Å². The van der Waals surface area contributed by atoms with E-state index in [4.69, 9.17) is 4.74 Å². The summed E-state index contributed by atoms with van der Waals surface area (Å²) in [5.41, 5.74) is 0.827. The van der Waals surface area contributed by atoms with Gasteiger partial charge in [-0.15, -0.1) is 11.3 Å². The van der Waals surface area contributed by atoms with Crippen molar-refractivity contribution in [3.05, 3.63) is 16.1 Å². The van der Waals surface area contributed by atoms with Crippen LogP contribution in [0.5, 0.6) is 0 Å². The number of ether oxygens (including phenoxy) is 1. The van der Waals surface area contributed by atoms with Crippen molar-refractivity contribution in [1.29, 1.82) is 0 Å². The molecule has 1 fully saturated rings. The van der Waals surface area contributed by atoms with Crippen LogP contribution in [0.2, 0.25) is 0 Å². The van der Waals surface area contributed by atoms with Crippen molar-refractivity contribution in [1.82, 2.24) is 15.2 Å². The first-order valence-corrected chi connectivity index (χ1v) is 8.62. The summed E-state index contributed by atoms with van der Waals surface area (Å²) in [6.07, 6.45) is 0. The third-order valence-corrected chi connectivity index (χ3v) is 4.74. The Morgan fingerprint density at radius 3 is 2.73 bits per heavy atom. The summed E-state index contributed by atoms with van der Waals surface area (Å²) in [5.74, 6) is 0. The standard InChI is InChI=1S/C16H27N3O2S/c1-11(13-18-12(9-22-13)15(2,3)4)17-14(20)19-7-8-21-16(5,6)10-19/h9,11H,7-8,10H2,1-6H3,(H,17,20)/t11-/m0/s1. The molecule has 2 rings (SSSR count). The molecule has 22 heavy (non-hydrogen) atoms. The molecule has 0 aliphatic carbocycles. The summed E-state index contributed by atoms with van der Waals surface area (Å²) in [7, 11) is 0. The van der Waals surface area contributed by atoms with Crippen LogP contribution in [0, 0.1) is 0 Å². The Morgan fingerprint density at radius 1 is 1.50 bits per heavy atom. The molecule has 5 nitrogen and oxygen atoms in total. The second-order valence-corrected chi connectivity index (χ2v) is 8.41. The number of aromatic nitrogens is 1. The van der Waals surface area contributed by atoms with Gasteiger partial charge >= 0.3 is 6.03 Å². The number of thiazole rings is 1. The van der Waals surface area contributed by atoms with Crippen LogP contribution in [-0.4, -0.2) is 41.2 Å². The highest BCUT2D eigenvalue weighted by atomic mass is 32.1. The van der Waals surface area contributed by atoms with Crippen LogP contribution in [0.4, 0.5) is 4.79 Å². The van der Waals surface area contributed by atoms with Crippen LogP contribution < -0.4 is 5.32 Å². The molecule has 0 bridgehead atoms. The van der Waals surface area contributed by atoms with Crippen molar-refractivity contribution in [3.8, 4) is 0 Å². The van der Waals surface area contributed by atoms with Crippen LogP contribution in [0.1, 0.15) is 58.3 Å². The molecule has 0 radical (unpaired) electrons. The second kappa shape index (κ2) is 6.16. The third-order valence-electron chi connectivity index (χ3n) is 3.71. The number of rotatable bonds is 2. The number of amides is 2. The number of carbonyl (C=O) groups is 1. The minimum atomic E-state index is -0.278. The van der Waals surface area contributed by atoms with Crippen LogP contribution in [0.25, 0.3) is 0 Å². The van der Waals surface area contributed by atoms with Gasteiger partial charge in [-0.2, -0.15) is 0 Å². The van der Waals surface area contributed by atoms with E-state index in [1.807, 2.05) is 25.7 Å². The first-order chi connectivity index (χ1) is 10.1. The summed E-state index contributed by atoms with van der Waals surface area (Å²) < 4.78 is 5.64. The molecule has 1 aliphatic heterocycles. The Kier molecular flexibility index (Phi) is 4.82. The van der Waals surface area contributed by atoms with Crippen LogP contribution in [0.15, 0.2) is 5.38 Å². The zero-order valence-electron chi connectivity index (χ0n) is 14.4. The Morgan fingerprint density at radius 2 is 2.18 bits per heavy atom. The van der Waals surface area contributed by atoms with Gasteiger partial charge in [-0.3, -0.25) is 0 Å². The van der Waals surface area contributed by atoms with Gasteiger partial charge in [0.25, 0.3) is 0 Å².